The number of hydrogen-bond donors (Lipinski definition) is 1. The molecule has 28 heavy (non-hydrogen) atoms. The standard InChI is InChI=1S/C22H27N3O3/c1-27-20-4-2-3-17-13-18(15-28-21(17)20)22(26)24-19-7-11-25(12-8-19)14-16-5-9-23-10-6-16/h2-6,9-10,18-19H,7-8,11-15H2,1H3,(H,24,26)/t18-/m1/s1. The second-order valence-corrected chi connectivity index (χ2v) is 7.58. The first kappa shape index (κ1) is 18.7. The highest BCUT2D eigenvalue weighted by atomic mass is 16.5. The molecule has 0 radical (unpaired) electrons. The smallest absolute Gasteiger partial charge is 0.227 e. The Morgan fingerprint density at radius 3 is 2.79 bits per heavy atom. The number of aromatic nitrogens is 1. The van der Waals surface area contributed by atoms with Crippen molar-refractivity contribution in [2.75, 3.05) is 26.8 Å². The lowest BCUT2D eigenvalue weighted by molar-refractivity contribution is -0.127. The molecule has 0 unspecified atom stereocenters. The summed E-state index contributed by atoms with van der Waals surface area (Å²) in [6.45, 7) is 3.33. The average molecular weight is 381 g/mol. The minimum Gasteiger partial charge on any atom is -0.493 e. The quantitative estimate of drug-likeness (QED) is 0.862. The second kappa shape index (κ2) is 8.61. The largest absolute Gasteiger partial charge is 0.493 e. The Morgan fingerprint density at radius 2 is 2.04 bits per heavy atom. The molecule has 0 saturated carbocycles. The van der Waals surface area contributed by atoms with Crippen molar-refractivity contribution in [1.82, 2.24) is 15.2 Å². The van der Waals surface area contributed by atoms with Gasteiger partial charge in [-0.3, -0.25) is 14.7 Å². The average Bonchev–Trinajstić information content (AvgIpc) is 2.75. The van der Waals surface area contributed by atoms with Crippen LogP contribution in [0, 0.1) is 5.92 Å². The predicted molar refractivity (Wildman–Crippen MR) is 106 cm³/mol. The number of ether oxygens (including phenoxy) is 2. The van der Waals surface area contributed by atoms with E-state index >= 15 is 0 Å². The van der Waals surface area contributed by atoms with Crippen molar-refractivity contribution in [3.05, 3.63) is 53.9 Å². The van der Waals surface area contributed by atoms with Crippen molar-refractivity contribution in [3.63, 3.8) is 0 Å². The van der Waals surface area contributed by atoms with Crippen LogP contribution >= 0.6 is 0 Å². The normalized spacial score (nSPS) is 20.1. The number of carbonyl (C=O) groups is 1. The number of amides is 1. The van der Waals surface area contributed by atoms with Gasteiger partial charge in [-0.2, -0.15) is 0 Å². The number of fused-ring (bicyclic) bond motifs is 1. The molecule has 1 saturated heterocycles. The number of piperidine rings is 1. The molecule has 1 amide bonds. The lowest BCUT2D eigenvalue weighted by Gasteiger charge is -2.33. The molecule has 4 rings (SSSR count). The van der Waals surface area contributed by atoms with E-state index in [2.05, 4.69) is 27.3 Å². The summed E-state index contributed by atoms with van der Waals surface area (Å²) < 4.78 is 11.2. The summed E-state index contributed by atoms with van der Waals surface area (Å²) in [6.07, 6.45) is 6.33. The minimum absolute atomic E-state index is 0.0982. The molecule has 1 atom stereocenters. The number of para-hydroxylation sites is 1. The maximum absolute atomic E-state index is 12.8. The van der Waals surface area contributed by atoms with E-state index in [1.165, 1.54) is 5.56 Å². The van der Waals surface area contributed by atoms with E-state index in [1.54, 1.807) is 7.11 Å². The van der Waals surface area contributed by atoms with Crippen LogP contribution in [0.4, 0.5) is 0 Å². The molecule has 6 nitrogen and oxygen atoms in total. The first-order valence-corrected chi connectivity index (χ1v) is 9.93. The van der Waals surface area contributed by atoms with Crippen molar-refractivity contribution >= 4 is 5.91 Å². The third-order valence-corrected chi connectivity index (χ3v) is 5.64. The molecule has 2 aliphatic heterocycles. The number of pyridine rings is 1. The van der Waals surface area contributed by atoms with Crippen LogP contribution in [-0.2, 0) is 17.8 Å². The highest BCUT2D eigenvalue weighted by Crippen LogP contribution is 2.36. The molecule has 2 aliphatic rings. The molecule has 1 aromatic carbocycles. The zero-order valence-corrected chi connectivity index (χ0v) is 16.3. The minimum atomic E-state index is -0.144. The van der Waals surface area contributed by atoms with E-state index in [0.717, 1.165) is 49.5 Å². The fraction of sp³-hybridized carbons (Fsp3) is 0.455. The predicted octanol–water partition coefficient (Wildman–Crippen LogP) is 2.42. The van der Waals surface area contributed by atoms with Crippen LogP contribution in [0.2, 0.25) is 0 Å². The number of rotatable bonds is 5. The Kier molecular flexibility index (Phi) is 5.76. The third kappa shape index (κ3) is 4.28. The maximum atomic E-state index is 12.8. The molecule has 2 aromatic rings. The number of hydrogen-bond acceptors (Lipinski definition) is 5. The van der Waals surface area contributed by atoms with Gasteiger partial charge in [0.25, 0.3) is 0 Å². The zero-order chi connectivity index (χ0) is 19.3. The van der Waals surface area contributed by atoms with E-state index in [0.29, 0.717) is 13.0 Å². The molecule has 1 N–H and O–H groups in total. The number of nitrogens with zero attached hydrogens (tertiary/aromatic N) is 2. The summed E-state index contributed by atoms with van der Waals surface area (Å²) in [5.74, 6) is 1.46. The molecule has 1 aromatic heterocycles. The molecular weight excluding hydrogens is 354 g/mol. The molecular formula is C22H27N3O3. The summed E-state index contributed by atoms with van der Waals surface area (Å²) in [6, 6.07) is 10.2. The Bertz CT molecular complexity index is 804. The van der Waals surface area contributed by atoms with Crippen molar-refractivity contribution in [2.45, 2.75) is 31.8 Å². The fourth-order valence-electron chi connectivity index (χ4n) is 4.02. The van der Waals surface area contributed by atoms with Gasteiger partial charge in [-0.1, -0.05) is 12.1 Å². The first-order valence-electron chi connectivity index (χ1n) is 9.93. The van der Waals surface area contributed by atoms with Crippen molar-refractivity contribution in [3.8, 4) is 11.5 Å². The number of carbonyl (C=O) groups excluding carboxylic acids is 1. The summed E-state index contributed by atoms with van der Waals surface area (Å²) >= 11 is 0. The van der Waals surface area contributed by atoms with E-state index in [1.807, 2.05) is 30.6 Å². The summed E-state index contributed by atoms with van der Waals surface area (Å²) in [4.78, 5) is 19.3. The summed E-state index contributed by atoms with van der Waals surface area (Å²) in [7, 11) is 1.64. The Morgan fingerprint density at radius 1 is 1.25 bits per heavy atom. The fourth-order valence-corrected chi connectivity index (χ4v) is 4.02. The lowest BCUT2D eigenvalue weighted by Crippen LogP contribution is -2.47. The van der Waals surface area contributed by atoms with Crippen molar-refractivity contribution in [2.24, 2.45) is 5.92 Å². The van der Waals surface area contributed by atoms with Crippen LogP contribution < -0.4 is 14.8 Å². The van der Waals surface area contributed by atoms with Gasteiger partial charge in [0.2, 0.25) is 5.91 Å². The Hall–Kier alpha value is -2.60. The highest BCUT2D eigenvalue weighted by Gasteiger charge is 2.30. The Balaban J connectivity index is 1.27. The van der Waals surface area contributed by atoms with Gasteiger partial charge in [-0.05, 0) is 48.6 Å². The summed E-state index contributed by atoms with van der Waals surface area (Å²) in [5.41, 5.74) is 2.32. The molecule has 148 valence electrons. The van der Waals surface area contributed by atoms with Gasteiger partial charge in [-0.15, -0.1) is 0 Å². The van der Waals surface area contributed by atoms with Gasteiger partial charge in [0.05, 0.1) is 13.0 Å². The monoisotopic (exact) mass is 381 g/mol. The number of benzene rings is 1. The van der Waals surface area contributed by atoms with Crippen LogP contribution in [-0.4, -0.2) is 48.6 Å². The van der Waals surface area contributed by atoms with Gasteiger partial charge in [0.1, 0.15) is 6.61 Å². The van der Waals surface area contributed by atoms with E-state index in [4.69, 9.17) is 9.47 Å². The zero-order valence-electron chi connectivity index (χ0n) is 16.3. The van der Waals surface area contributed by atoms with Crippen molar-refractivity contribution < 1.29 is 14.3 Å². The first-order chi connectivity index (χ1) is 13.7. The summed E-state index contributed by atoms with van der Waals surface area (Å²) in [5, 5.41) is 3.25. The van der Waals surface area contributed by atoms with Crippen LogP contribution in [0.5, 0.6) is 11.5 Å². The number of nitrogens with one attached hydrogen (secondary N) is 1. The number of methoxy groups -OCH3 is 1. The molecule has 0 aliphatic carbocycles. The van der Waals surface area contributed by atoms with Crippen LogP contribution in [0.25, 0.3) is 0 Å². The van der Waals surface area contributed by atoms with Gasteiger partial charge in [-0.25, -0.2) is 0 Å². The lowest BCUT2D eigenvalue weighted by atomic mass is 9.94. The van der Waals surface area contributed by atoms with Crippen LogP contribution in [0.3, 0.4) is 0 Å². The van der Waals surface area contributed by atoms with Gasteiger partial charge in [0, 0.05) is 38.1 Å². The Labute approximate surface area is 165 Å². The van der Waals surface area contributed by atoms with Gasteiger partial charge < -0.3 is 14.8 Å². The topological polar surface area (TPSA) is 63.7 Å². The molecule has 0 bridgehead atoms. The molecule has 3 heterocycles. The van der Waals surface area contributed by atoms with Crippen LogP contribution in [0.15, 0.2) is 42.7 Å². The second-order valence-electron chi connectivity index (χ2n) is 7.58. The van der Waals surface area contributed by atoms with Crippen molar-refractivity contribution in [1.29, 1.82) is 0 Å². The van der Waals surface area contributed by atoms with Gasteiger partial charge in [0.15, 0.2) is 11.5 Å². The van der Waals surface area contributed by atoms with E-state index in [9.17, 15) is 4.79 Å². The molecule has 0 spiro atoms. The third-order valence-electron chi connectivity index (χ3n) is 5.64. The van der Waals surface area contributed by atoms with Gasteiger partial charge >= 0.3 is 0 Å². The molecule has 6 heteroatoms. The van der Waals surface area contributed by atoms with Crippen LogP contribution in [0.1, 0.15) is 24.0 Å². The van der Waals surface area contributed by atoms with E-state index < -0.39 is 0 Å². The highest BCUT2D eigenvalue weighted by molar-refractivity contribution is 5.80. The maximum Gasteiger partial charge on any atom is 0.227 e. The molecule has 1 fully saturated rings. The SMILES string of the molecule is COc1cccc2c1OC[C@H](C(=O)NC1CCN(Cc3ccncc3)CC1)C2. The number of likely N-dealkylation sites (tertiary alicyclic amines) is 1. The van der Waals surface area contributed by atoms with E-state index in [-0.39, 0.29) is 17.9 Å².